The minimum atomic E-state index is -3.62. The molecule has 1 aromatic carbocycles. The van der Waals surface area contributed by atoms with Gasteiger partial charge in [0.1, 0.15) is 10.0 Å². The van der Waals surface area contributed by atoms with Gasteiger partial charge in [-0.25, -0.2) is 12.8 Å². The lowest BCUT2D eigenvalue weighted by atomic mass is 10.2. The second-order valence-corrected chi connectivity index (χ2v) is 7.71. The summed E-state index contributed by atoms with van der Waals surface area (Å²) in [5.41, 5.74) is 1.10. The summed E-state index contributed by atoms with van der Waals surface area (Å²) in [4.78, 5) is 0. The Morgan fingerprint density at radius 3 is 2.65 bits per heavy atom. The van der Waals surface area contributed by atoms with Crippen molar-refractivity contribution >= 4 is 33.0 Å². The van der Waals surface area contributed by atoms with E-state index in [1.54, 1.807) is 29.6 Å². The molecule has 2 aromatic rings. The Morgan fingerprint density at radius 1 is 1.35 bits per heavy atom. The second kappa shape index (κ2) is 6.22. The van der Waals surface area contributed by atoms with Crippen LogP contribution >= 0.6 is 22.9 Å². The van der Waals surface area contributed by atoms with Crippen LogP contribution in [0.25, 0.3) is 0 Å². The molecule has 7 heteroatoms. The number of alkyl halides is 1. The van der Waals surface area contributed by atoms with Crippen molar-refractivity contribution in [2.45, 2.75) is 16.6 Å². The van der Waals surface area contributed by atoms with Gasteiger partial charge >= 0.3 is 0 Å². The van der Waals surface area contributed by atoms with E-state index >= 15 is 0 Å². The third-order valence-electron chi connectivity index (χ3n) is 2.80. The summed E-state index contributed by atoms with van der Waals surface area (Å²) in [6.07, 6.45) is 0. The van der Waals surface area contributed by atoms with Crippen LogP contribution in [0.3, 0.4) is 0 Å². The highest BCUT2D eigenvalue weighted by Gasteiger charge is 2.23. The summed E-state index contributed by atoms with van der Waals surface area (Å²) in [5.74, 6) is -0.148. The van der Waals surface area contributed by atoms with E-state index in [0.717, 1.165) is 21.2 Å². The molecule has 0 N–H and O–H groups in total. The van der Waals surface area contributed by atoms with Crippen LogP contribution in [0.2, 0.25) is 0 Å². The fraction of sp³-hybridized carbons (Fsp3) is 0.231. The first-order valence-corrected chi connectivity index (χ1v) is 8.63. The van der Waals surface area contributed by atoms with Crippen LogP contribution in [0.15, 0.2) is 39.9 Å². The van der Waals surface area contributed by atoms with Crippen molar-refractivity contribution in [2.75, 3.05) is 7.05 Å². The van der Waals surface area contributed by atoms with Gasteiger partial charge < -0.3 is 0 Å². The summed E-state index contributed by atoms with van der Waals surface area (Å²) < 4.78 is 39.6. The number of rotatable bonds is 5. The molecule has 0 saturated heterocycles. The molecule has 0 amide bonds. The smallest absolute Gasteiger partial charge is 0.207 e. The monoisotopic (exact) mass is 333 g/mol. The van der Waals surface area contributed by atoms with Gasteiger partial charge in [-0.15, -0.1) is 22.9 Å². The number of sulfonamides is 1. The van der Waals surface area contributed by atoms with E-state index in [-0.39, 0.29) is 16.6 Å². The molecule has 1 heterocycles. The number of nitrogens with zero attached hydrogens (tertiary/aromatic N) is 1. The normalized spacial score (nSPS) is 12.0. The zero-order valence-electron chi connectivity index (χ0n) is 10.7. The van der Waals surface area contributed by atoms with Crippen molar-refractivity contribution in [2.24, 2.45) is 0 Å². The number of benzene rings is 1. The van der Waals surface area contributed by atoms with E-state index in [4.69, 9.17) is 11.6 Å². The summed E-state index contributed by atoms with van der Waals surface area (Å²) in [7, 11) is -2.18. The van der Waals surface area contributed by atoms with E-state index in [2.05, 4.69) is 0 Å². The Morgan fingerprint density at radius 2 is 2.05 bits per heavy atom. The van der Waals surface area contributed by atoms with Gasteiger partial charge in [-0.05, 0) is 23.1 Å². The lowest BCUT2D eigenvalue weighted by molar-refractivity contribution is 0.458. The molecule has 0 spiro atoms. The molecule has 20 heavy (non-hydrogen) atoms. The molecule has 0 aliphatic rings. The van der Waals surface area contributed by atoms with Gasteiger partial charge in [0.05, 0.1) is 0 Å². The van der Waals surface area contributed by atoms with Crippen LogP contribution in [0, 0.1) is 5.82 Å². The van der Waals surface area contributed by atoms with Gasteiger partial charge in [0.2, 0.25) is 0 Å². The zero-order valence-corrected chi connectivity index (χ0v) is 13.1. The van der Waals surface area contributed by atoms with Crippen molar-refractivity contribution in [1.82, 2.24) is 4.31 Å². The standard InChI is InChI=1S/C13H13ClFNO2S2/c1-16(8-11-4-2-3-5-12(11)15)20(17,18)13-6-10(7-14)9-19-13/h2-6,9H,7-8H2,1H3. The minimum Gasteiger partial charge on any atom is -0.207 e. The molecular formula is C13H13ClFNO2S2. The molecular weight excluding hydrogens is 321 g/mol. The molecule has 108 valence electrons. The molecule has 0 aliphatic heterocycles. The third-order valence-corrected chi connectivity index (χ3v) is 6.38. The maximum atomic E-state index is 13.6. The summed E-state index contributed by atoms with van der Waals surface area (Å²) in [6.45, 7) is -0.0108. The van der Waals surface area contributed by atoms with Crippen LogP contribution in [0.4, 0.5) is 4.39 Å². The Kier molecular flexibility index (Phi) is 4.80. The van der Waals surface area contributed by atoms with E-state index < -0.39 is 15.8 Å². The molecule has 2 rings (SSSR count). The predicted octanol–water partition coefficient (Wildman–Crippen LogP) is 3.45. The van der Waals surface area contributed by atoms with E-state index in [0.29, 0.717) is 5.56 Å². The maximum Gasteiger partial charge on any atom is 0.252 e. The van der Waals surface area contributed by atoms with Gasteiger partial charge in [-0.2, -0.15) is 4.31 Å². The SMILES string of the molecule is CN(Cc1ccccc1F)S(=O)(=O)c1cc(CCl)cs1. The van der Waals surface area contributed by atoms with Crippen molar-refractivity contribution in [3.05, 3.63) is 52.7 Å². The highest BCUT2D eigenvalue weighted by molar-refractivity contribution is 7.91. The fourth-order valence-electron chi connectivity index (χ4n) is 1.66. The molecule has 1 aromatic heterocycles. The van der Waals surface area contributed by atoms with Crippen molar-refractivity contribution in [3.8, 4) is 0 Å². The van der Waals surface area contributed by atoms with Crippen molar-refractivity contribution in [3.63, 3.8) is 0 Å². The second-order valence-electron chi connectivity index (χ2n) is 4.26. The fourth-order valence-corrected chi connectivity index (χ4v) is 4.48. The van der Waals surface area contributed by atoms with E-state index in [1.165, 1.54) is 13.1 Å². The molecule has 0 radical (unpaired) electrons. The molecule has 0 atom stereocenters. The summed E-state index contributed by atoms with van der Waals surface area (Å²) >= 11 is 6.79. The zero-order chi connectivity index (χ0) is 14.8. The van der Waals surface area contributed by atoms with Gasteiger partial charge in [0, 0.05) is 25.0 Å². The number of hydrogen-bond donors (Lipinski definition) is 0. The molecule has 0 bridgehead atoms. The topological polar surface area (TPSA) is 37.4 Å². The first-order chi connectivity index (χ1) is 9.45. The highest BCUT2D eigenvalue weighted by atomic mass is 35.5. The molecule has 0 fully saturated rings. The Bertz CT molecular complexity index is 700. The quantitative estimate of drug-likeness (QED) is 0.786. The number of thiophene rings is 1. The largest absolute Gasteiger partial charge is 0.252 e. The Hall–Kier alpha value is -0.950. The summed E-state index contributed by atoms with van der Waals surface area (Å²) in [6, 6.07) is 7.67. The lowest BCUT2D eigenvalue weighted by Gasteiger charge is -2.16. The van der Waals surface area contributed by atoms with Gasteiger partial charge in [-0.3, -0.25) is 0 Å². The first-order valence-electron chi connectivity index (χ1n) is 5.78. The van der Waals surface area contributed by atoms with Gasteiger partial charge in [-0.1, -0.05) is 18.2 Å². The Balaban J connectivity index is 2.23. The van der Waals surface area contributed by atoms with Crippen LogP contribution in [-0.2, 0) is 22.4 Å². The number of hydrogen-bond acceptors (Lipinski definition) is 3. The van der Waals surface area contributed by atoms with Crippen molar-refractivity contribution in [1.29, 1.82) is 0 Å². The molecule has 0 aliphatic carbocycles. The van der Waals surface area contributed by atoms with Gasteiger partial charge in [0.25, 0.3) is 10.0 Å². The Labute approximate surface area is 126 Å². The minimum absolute atomic E-state index is 0.0108. The van der Waals surface area contributed by atoms with Crippen LogP contribution in [-0.4, -0.2) is 19.8 Å². The first kappa shape index (κ1) is 15.4. The van der Waals surface area contributed by atoms with Crippen LogP contribution < -0.4 is 0 Å². The van der Waals surface area contributed by atoms with Crippen molar-refractivity contribution < 1.29 is 12.8 Å². The predicted molar refractivity (Wildman–Crippen MR) is 78.9 cm³/mol. The van der Waals surface area contributed by atoms with Crippen LogP contribution in [0.5, 0.6) is 0 Å². The average Bonchev–Trinajstić information content (AvgIpc) is 2.90. The summed E-state index contributed by atoms with van der Waals surface area (Å²) in [5, 5.41) is 1.71. The van der Waals surface area contributed by atoms with E-state index in [9.17, 15) is 12.8 Å². The molecule has 0 saturated carbocycles. The third kappa shape index (κ3) is 3.20. The number of halogens is 2. The van der Waals surface area contributed by atoms with Gasteiger partial charge in [0.15, 0.2) is 0 Å². The highest BCUT2D eigenvalue weighted by Crippen LogP contribution is 2.25. The molecule has 0 unspecified atom stereocenters. The van der Waals surface area contributed by atoms with E-state index in [1.807, 2.05) is 0 Å². The molecule has 3 nitrogen and oxygen atoms in total. The maximum absolute atomic E-state index is 13.6. The van der Waals surface area contributed by atoms with Crippen LogP contribution in [0.1, 0.15) is 11.1 Å². The average molecular weight is 334 g/mol. The lowest BCUT2D eigenvalue weighted by Crippen LogP contribution is -2.26.